The average molecular weight is 454 g/mol. The van der Waals surface area contributed by atoms with E-state index in [0.717, 1.165) is 11.1 Å². The van der Waals surface area contributed by atoms with Gasteiger partial charge in [-0.25, -0.2) is 9.59 Å². The summed E-state index contributed by atoms with van der Waals surface area (Å²) in [5, 5.41) is 13.9. The van der Waals surface area contributed by atoms with Crippen molar-refractivity contribution in [3.8, 4) is 0 Å². The molecular formula is C25H24ClNO5. The lowest BCUT2D eigenvalue weighted by Crippen LogP contribution is -2.47. The molecule has 0 heterocycles. The molecule has 0 saturated carbocycles. The zero-order chi connectivity index (χ0) is 22.8. The van der Waals surface area contributed by atoms with Crippen molar-refractivity contribution in [2.24, 2.45) is 0 Å². The lowest BCUT2D eigenvalue weighted by molar-refractivity contribution is 0.0150. The SMILES string of the molecule is O=C(NC(Cc1ccccc1)C(O)COC(=O)c1ccc(Cl)cc1)OCc1ccccc1. The number of rotatable bonds is 9. The third-order valence-electron chi connectivity index (χ3n) is 4.74. The summed E-state index contributed by atoms with van der Waals surface area (Å²) < 4.78 is 10.5. The number of carbonyl (C=O) groups is 2. The van der Waals surface area contributed by atoms with Gasteiger partial charge in [-0.2, -0.15) is 0 Å². The van der Waals surface area contributed by atoms with E-state index >= 15 is 0 Å². The molecule has 32 heavy (non-hydrogen) atoms. The molecule has 3 aromatic rings. The monoisotopic (exact) mass is 453 g/mol. The summed E-state index contributed by atoms with van der Waals surface area (Å²) >= 11 is 5.83. The van der Waals surface area contributed by atoms with Gasteiger partial charge in [0.1, 0.15) is 19.3 Å². The van der Waals surface area contributed by atoms with Crippen LogP contribution in [0.15, 0.2) is 84.9 Å². The third kappa shape index (κ3) is 7.41. The van der Waals surface area contributed by atoms with Gasteiger partial charge in [0.05, 0.1) is 11.6 Å². The lowest BCUT2D eigenvalue weighted by Gasteiger charge is -2.24. The number of aliphatic hydroxyl groups excluding tert-OH is 1. The van der Waals surface area contributed by atoms with Gasteiger partial charge < -0.3 is 19.9 Å². The minimum Gasteiger partial charge on any atom is -0.459 e. The minimum absolute atomic E-state index is 0.104. The van der Waals surface area contributed by atoms with E-state index in [1.807, 2.05) is 60.7 Å². The zero-order valence-electron chi connectivity index (χ0n) is 17.3. The average Bonchev–Trinajstić information content (AvgIpc) is 2.82. The van der Waals surface area contributed by atoms with E-state index in [4.69, 9.17) is 21.1 Å². The van der Waals surface area contributed by atoms with E-state index in [1.165, 1.54) is 12.1 Å². The molecule has 2 atom stereocenters. The van der Waals surface area contributed by atoms with Crippen molar-refractivity contribution in [1.29, 1.82) is 0 Å². The number of benzene rings is 3. The Balaban J connectivity index is 1.59. The fraction of sp³-hybridized carbons (Fsp3) is 0.200. The molecule has 6 nitrogen and oxygen atoms in total. The fourth-order valence-corrected chi connectivity index (χ4v) is 3.14. The molecule has 7 heteroatoms. The Kier molecular flexibility index (Phi) is 8.66. The molecule has 0 aromatic heterocycles. The van der Waals surface area contributed by atoms with Crippen LogP contribution in [0.3, 0.4) is 0 Å². The molecular weight excluding hydrogens is 430 g/mol. The van der Waals surface area contributed by atoms with Crippen LogP contribution in [0.5, 0.6) is 0 Å². The number of hydrogen-bond acceptors (Lipinski definition) is 5. The van der Waals surface area contributed by atoms with Crippen LogP contribution in [-0.4, -0.2) is 35.9 Å². The molecule has 0 aliphatic heterocycles. The largest absolute Gasteiger partial charge is 0.459 e. The Hall–Kier alpha value is -3.35. The Bertz CT molecular complexity index is 996. The van der Waals surface area contributed by atoms with Gasteiger partial charge in [-0.3, -0.25) is 0 Å². The molecule has 166 valence electrons. The van der Waals surface area contributed by atoms with Gasteiger partial charge in [-0.15, -0.1) is 0 Å². The highest BCUT2D eigenvalue weighted by Gasteiger charge is 2.24. The number of alkyl carbamates (subject to hydrolysis) is 1. The summed E-state index contributed by atoms with van der Waals surface area (Å²) in [6.45, 7) is -0.190. The Morgan fingerprint density at radius 1 is 0.844 bits per heavy atom. The molecule has 2 N–H and O–H groups in total. The molecule has 0 spiro atoms. The van der Waals surface area contributed by atoms with E-state index in [0.29, 0.717) is 17.0 Å². The Morgan fingerprint density at radius 3 is 2.06 bits per heavy atom. The van der Waals surface area contributed by atoms with Crippen LogP contribution in [0.25, 0.3) is 0 Å². The second-order valence-electron chi connectivity index (χ2n) is 7.17. The summed E-state index contributed by atoms with van der Waals surface area (Å²) in [6, 6.07) is 24.2. The third-order valence-corrected chi connectivity index (χ3v) is 5.00. The number of esters is 1. The molecule has 3 aromatic carbocycles. The van der Waals surface area contributed by atoms with Crippen LogP contribution in [0, 0.1) is 0 Å². The molecule has 0 radical (unpaired) electrons. The summed E-state index contributed by atoms with van der Waals surface area (Å²) in [5.41, 5.74) is 2.07. The van der Waals surface area contributed by atoms with E-state index in [1.54, 1.807) is 12.1 Å². The van der Waals surface area contributed by atoms with Crippen LogP contribution in [-0.2, 0) is 22.5 Å². The van der Waals surface area contributed by atoms with Gasteiger partial charge in [0.15, 0.2) is 0 Å². The first kappa shape index (κ1) is 23.3. The van der Waals surface area contributed by atoms with Gasteiger partial charge in [0.2, 0.25) is 0 Å². The van der Waals surface area contributed by atoms with Crippen LogP contribution in [0.1, 0.15) is 21.5 Å². The number of carbonyl (C=O) groups excluding carboxylic acids is 2. The van der Waals surface area contributed by atoms with Crippen LogP contribution in [0.4, 0.5) is 4.79 Å². The molecule has 0 fully saturated rings. The standard InChI is InChI=1S/C25H24ClNO5/c26-21-13-11-20(12-14-21)24(29)31-17-23(28)22(15-18-7-3-1-4-8-18)27-25(30)32-16-19-9-5-2-6-10-19/h1-14,22-23,28H,15-17H2,(H,27,30). The fourth-order valence-electron chi connectivity index (χ4n) is 3.01. The lowest BCUT2D eigenvalue weighted by atomic mass is 10.0. The molecule has 0 bridgehead atoms. The van der Waals surface area contributed by atoms with Crippen LogP contribution in [0.2, 0.25) is 5.02 Å². The van der Waals surface area contributed by atoms with Crippen molar-refractivity contribution in [2.75, 3.05) is 6.61 Å². The van der Waals surface area contributed by atoms with E-state index < -0.39 is 24.2 Å². The van der Waals surface area contributed by atoms with Crippen molar-refractivity contribution in [3.05, 3.63) is 107 Å². The van der Waals surface area contributed by atoms with E-state index in [9.17, 15) is 14.7 Å². The van der Waals surface area contributed by atoms with Gasteiger partial charge in [-0.1, -0.05) is 72.3 Å². The smallest absolute Gasteiger partial charge is 0.407 e. The number of halogens is 1. The summed E-state index contributed by atoms with van der Waals surface area (Å²) in [5.74, 6) is -0.592. The molecule has 2 unspecified atom stereocenters. The van der Waals surface area contributed by atoms with Crippen molar-refractivity contribution < 1.29 is 24.2 Å². The van der Waals surface area contributed by atoms with Crippen LogP contribution >= 0.6 is 11.6 Å². The number of ether oxygens (including phenoxy) is 2. The van der Waals surface area contributed by atoms with Gasteiger partial charge >= 0.3 is 12.1 Å². The van der Waals surface area contributed by atoms with E-state index in [2.05, 4.69) is 5.32 Å². The maximum Gasteiger partial charge on any atom is 0.407 e. The first-order chi connectivity index (χ1) is 15.5. The minimum atomic E-state index is -1.14. The summed E-state index contributed by atoms with van der Waals surface area (Å²) in [4.78, 5) is 24.6. The molecule has 0 aliphatic carbocycles. The zero-order valence-corrected chi connectivity index (χ0v) is 18.1. The highest BCUT2D eigenvalue weighted by Crippen LogP contribution is 2.12. The van der Waals surface area contributed by atoms with Crippen molar-refractivity contribution in [1.82, 2.24) is 5.32 Å². The topological polar surface area (TPSA) is 84.9 Å². The summed E-state index contributed by atoms with van der Waals surface area (Å²) in [6.07, 6.45) is -1.48. The van der Waals surface area contributed by atoms with Crippen molar-refractivity contribution >= 4 is 23.7 Å². The van der Waals surface area contributed by atoms with E-state index in [-0.39, 0.29) is 13.2 Å². The maximum absolute atomic E-state index is 12.3. The van der Waals surface area contributed by atoms with Crippen molar-refractivity contribution in [2.45, 2.75) is 25.2 Å². The second kappa shape index (κ2) is 11.9. The van der Waals surface area contributed by atoms with Gasteiger partial charge in [0, 0.05) is 5.02 Å². The normalized spacial score (nSPS) is 12.4. The number of hydrogen-bond donors (Lipinski definition) is 2. The molecule has 0 saturated heterocycles. The number of nitrogens with one attached hydrogen (secondary N) is 1. The Labute approximate surface area is 191 Å². The number of amides is 1. The molecule has 1 amide bonds. The first-order valence-corrected chi connectivity index (χ1v) is 10.5. The Morgan fingerprint density at radius 2 is 1.44 bits per heavy atom. The highest BCUT2D eigenvalue weighted by molar-refractivity contribution is 6.30. The predicted molar refractivity (Wildman–Crippen MR) is 121 cm³/mol. The highest BCUT2D eigenvalue weighted by atomic mass is 35.5. The van der Waals surface area contributed by atoms with Gasteiger partial charge in [-0.05, 0) is 41.8 Å². The second-order valence-corrected chi connectivity index (χ2v) is 7.61. The number of aliphatic hydroxyl groups is 1. The van der Waals surface area contributed by atoms with Crippen LogP contribution < -0.4 is 5.32 Å². The molecule has 0 aliphatic rings. The van der Waals surface area contributed by atoms with Crippen molar-refractivity contribution in [3.63, 3.8) is 0 Å². The first-order valence-electron chi connectivity index (χ1n) is 10.1. The predicted octanol–water partition coefficient (Wildman–Crippen LogP) is 4.40. The summed E-state index contributed by atoms with van der Waals surface area (Å²) in [7, 11) is 0. The quantitative estimate of drug-likeness (QED) is 0.469. The maximum atomic E-state index is 12.3. The van der Waals surface area contributed by atoms with Gasteiger partial charge in [0.25, 0.3) is 0 Å². The molecule has 3 rings (SSSR count).